The molecule has 1 amide bonds. The van der Waals surface area contributed by atoms with E-state index in [1.54, 1.807) is 24.0 Å². The number of sulfonamides is 1. The molecule has 0 bridgehead atoms. The van der Waals surface area contributed by atoms with Crippen molar-refractivity contribution in [1.29, 1.82) is 0 Å². The van der Waals surface area contributed by atoms with E-state index in [0.29, 0.717) is 19.0 Å². The molecule has 1 aromatic carbocycles. The third-order valence-electron chi connectivity index (χ3n) is 5.33. The van der Waals surface area contributed by atoms with Crippen molar-refractivity contribution in [3.05, 3.63) is 29.8 Å². The first kappa shape index (κ1) is 22.4. The summed E-state index contributed by atoms with van der Waals surface area (Å²) < 4.78 is 27.1. The first-order valence-electron chi connectivity index (χ1n) is 9.72. The van der Waals surface area contributed by atoms with Crippen LogP contribution < -0.4 is 5.11 Å². The highest BCUT2D eigenvalue weighted by molar-refractivity contribution is 7.89. The van der Waals surface area contributed by atoms with E-state index in [-0.39, 0.29) is 42.7 Å². The summed E-state index contributed by atoms with van der Waals surface area (Å²) in [5, 5.41) is 10.6. The van der Waals surface area contributed by atoms with Gasteiger partial charge in [0.05, 0.1) is 4.90 Å². The van der Waals surface area contributed by atoms with E-state index in [1.165, 1.54) is 4.31 Å². The minimum atomic E-state index is -3.59. The van der Waals surface area contributed by atoms with Crippen LogP contribution >= 0.6 is 0 Å². The molecular weight excluding hydrogens is 380 g/mol. The monoisotopic (exact) mass is 409 g/mol. The van der Waals surface area contributed by atoms with Crippen molar-refractivity contribution >= 4 is 21.9 Å². The van der Waals surface area contributed by atoms with E-state index in [2.05, 4.69) is 13.8 Å². The molecule has 156 valence electrons. The number of hydrogen-bond acceptors (Lipinski definition) is 5. The molecule has 0 saturated carbocycles. The number of aliphatic carboxylic acids is 1. The minimum Gasteiger partial charge on any atom is -0.550 e. The van der Waals surface area contributed by atoms with Crippen molar-refractivity contribution in [2.45, 2.75) is 50.8 Å². The van der Waals surface area contributed by atoms with Crippen LogP contribution in [0.5, 0.6) is 0 Å². The van der Waals surface area contributed by atoms with Crippen LogP contribution in [0.1, 0.15) is 51.5 Å². The molecule has 0 radical (unpaired) electrons. The lowest BCUT2D eigenvalue weighted by atomic mass is 9.99. The summed E-state index contributed by atoms with van der Waals surface area (Å²) >= 11 is 0. The maximum absolute atomic E-state index is 12.9. The van der Waals surface area contributed by atoms with Gasteiger partial charge in [-0.3, -0.25) is 4.79 Å². The molecule has 0 aromatic heterocycles. The summed E-state index contributed by atoms with van der Waals surface area (Å²) in [6.07, 6.45) is 0.953. The quantitative estimate of drug-likeness (QED) is 0.643. The molecule has 0 spiro atoms. The van der Waals surface area contributed by atoms with E-state index >= 15 is 0 Å². The van der Waals surface area contributed by atoms with Gasteiger partial charge in [-0.05, 0) is 42.4 Å². The number of nitrogens with zero attached hydrogens (tertiary/aromatic N) is 2. The molecule has 0 aliphatic carbocycles. The number of rotatable bonds is 8. The second-order valence-electron chi connectivity index (χ2n) is 7.55. The highest BCUT2D eigenvalue weighted by Gasteiger charge is 2.30. The second kappa shape index (κ2) is 9.52. The smallest absolute Gasteiger partial charge is 0.243 e. The van der Waals surface area contributed by atoms with Crippen LogP contribution in [0.4, 0.5) is 0 Å². The first-order chi connectivity index (χ1) is 13.1. The van der Waals surface area contributed by atoms with Crippen LogP contribution in [-0.2, 0) is 19.6 Å². The zero-order valence-corrected chi connectivity index (χ0v) is 17.6. The predicted molar refractivity (Wildman–Crippen MR) is 104 cm³/mol. The molecule has 0 N–H and O–H groups in total. The average Bonchev–Trinajstić information content (AvgIpc) is 2.66. The third kappa shape index (κ3) is 5.54. The van der Waals surface area contributed by atoms with Gasteiger partial charge >= 0.3 is 0 Å². The van der Waals surface area contributed by atoms with Gasteiger partial charge in [-0.2, -0.15) is 4.31 Å². The summed E-state index contributed by atoms with van der Waals surface area (Å²) in [7, 11) is -3.59. The molecule has 28 heavy (non-hydrogen) atoms. The van der Waals surface area contributed by atoms with Gasteiger partial charge in [-0.25, -0.2) is 8.42 Å². The van der Waals surface area contributed by atoms with Crippen molar-refractivity contribution in [2.24, 2.45) is 5.92 Å². The van der Waals surface area contributed by atoms with Gasteiger partial charge in [0.15, 0.2) is 0 Å². The van der Waals surface area contributed by atoms with Crippen molar-refractivity contribution in [3.8, 4) is 0 Å². The predicted octanol–water partition coefficient (Wildman–Crippen LogP) is 1.20. The number of amides is 1. The van der Waals surface area contributed by atoms with Crippen molar-refractivity contribution < 1.29 is 23.1 Å². The molecule has 1 aromatic rings. The third-order valence-corrected chi connectivity index (χ3v) is 7.24. The number of benzene rings is 1. The minimum absolute atomic E-state index is 0.123. The van der Waals surface area contributed by atoms with Gasteiger partial charge in [0, 0.05) is 38.6 Å². The molecule has 7 nitrogen and oxygen atoms in total. The van der Waals surface area contributed by atoms with E-state index in [0.717, 1.165) is 12.0 Å². The number of carboxylic acids is 1. The Balaban J connectivity index is 1.96. The first-order valence-corrected chi connectivity index (χ1v) is 11.2. The lowest BCUT2D eigenvalue weighted by molar-refractivity contribution is -0.306. The number of carboxylic acid groups (broad SMARTS) is 1. The Morgan fingerprint density at radius 1 is 1.04 bits per heavy atom. The fourth-order valence-corrected chi connectivity index (χ4v) is 4.74. The number of hydrogen-bond donors (Lipinski definition) is 0. The highest BCUT2D eigenvalue weighted by atomic mass is 32.2. The topological polar surface area (TPSA) is 97.8 Å². The number of piperazine rings is 1. The molecule has 0 unspecified atom stereocenters. The Bertz CT molecular complexity index is 783. The Kier molecular flexibility index (Phi) is 7.60. The van der Waals surface area contributed by atoms with Crippen LogP contribution in [-0.4, -0.2) is 55.7 Å². The standard InChI is InChI=1S/C20H30N2O5S/c1-4-16(3)17-5-7-18(8-6-17)28(26,27)22-11-9-21(10-12-22)19(23)13-15(2)14-20(24)25/h5-8,15-16H,4,9-14H2,1-3H3,(H,24,25)/p-1/t15-,16-/m1/s1. The Morgan fingerprint density at radius 2 is 1.61 bits per heavy atom. The molecular formula is C20H29N2O5S-. The van der Waals surface area contributed by atoms with E-state index in [9.17, 15) is 23.1 Å². The molecule has 1 saturated heterocycles. The molecule has 2 atom stereocenters. The summed E-state index contributed by atoms with van der Waals surface area (Å²) in [6.45, 7) is 6.97. The molecule has 8 heteroatoms. The SMILES string of the molecule is CC[C@@H](C)c1ccc(S(=O)(=O)N2CCN(C(=O)C[C@@H](C)CC(=O)[O-])CC2)cc1. The van der Waals surface area contributed by atoms with Crippen LogP contribution in [0.3, 0.4) is 0 Å². The summed E-state index contributed by atoms with van der Waals surface area (Å²) in [5.74, 6) is -1.24. The number of carbonyl (C=O) groups excluding carboxylic acids is 2. The largest absolute Gasteiger partial charge is 0.550 e. The fourth-order valence-electron chi connectivity index (χ4n) is 3.31. The molecule has 1 aliphatic rings. The van der Waals surface area contributed by atoms with Crippen LogP contribution in [0.15, 0.2) is 29.2 Å². The van der Waals surface area contributed by atoms with Gasteiger partial charge in [-0.15, -0.1) is 0 Å². The van der Waals surface area contributed by atoms with Crippen molar-refractivity contribution in [3.63, 3.8) is 0 Å². The normalized spacial score (nSPS) is 17.9. The van der Waals surface area contributed by atoms with Gasteiger partial charge in [0.2, 0.25) is 15.9 Å². The van der Waals surface area contributed by atoms with E-state index < -0.39 is 16.0 Å². The zero-order valence-electron chi connectivity index (χ0n) is 16.8. The van der Waals surface area contributed by atoms with Gasteiger partial charge in [0.25, 0.3) is 0 Å². The Morgan fingerprint density at radius 3 is 2.11 bits per heavy atom. The van der Waals surface area contributed by atoms with Crippen LogP contribution in [0, 0.1) is 5.92 Å². The van der Waals surface area contributed by atoms with Crippen molar-refractivity contribution in [1.82, 2.24) is 9.21 Å². The fraction of sp³-hybridized carbons (Fsp3) is 0.600. The summed E-state index contributed by atoms with van der Waals surface area (Å²) in [6, 6.07) is 7.02. The molecule has 1 heterocycles. The van der Waals surface area contributed by atoms with Crippen LogP contribution in [0.25, 0.3) is 0 Å². The average molecular weight is 410 g/mol. The Hall–Kier alpha value is -1.93. The van der Waals surface area contributed by atoms with Crippen molar-refractivity contribution in [2.75, 3.05) is 26.2 Å². The van der Waals surface area contributed by atoms with Gasteiger partial charge < -0.3 is 14.8 Å². The molecule has 1 aliphatic heterocycles. The van der Waals surface area contributed by atoms with Crippen LogP contribution in [0.2, 0.25) is 0 Å². The van der Waals surface area contributed by atoms with E-state index in [1.807, 2.05) is 12.1 Å². The summed E-state index contributed by atoms with van der Waals surface area (Å²) in [5.41, 5.74) is 1.11. The maximum Gasteiger partial charge on any atom is 0.243 e. The van der Waals surface area contributed by atoms with Gasteiger partial charge in [0.1, 0.15) is 0 Å². The van der Waals surface area contributed by atoms with Gasteiger partial charge in [-0.1, -0.05) is 32.9 Å². The summed E-state index contributed by atoms with van der Waals surface area (Å²) in [4.78, 5) is 24.8. The lowest BCUT2D eigenvalue weighted by Crippen LogP contribution is -2.50. The molecule has 2 rings (SSSR count). The zero-order chi connectivity index (χ0) is 20.9. The maximum atomic E-state index is 12.9. The lowest BCUT2D eigenvalue weighted by Gasteiger charge is -2.34. The highest BCUT2D eigenvalue weighted by Crippen LogP contribution is 2.23. The molecule has 1 fully saturated rings. The second-order valence-corrected chi connectivity index (χ2v) is 9.49. The Labute approximate surface area is 167 Å². The number of carbonyl (C=O) groups is 2. The van der Waals surface area contributed by atoms with E-state index in [4.69, 9.17) is 0 Å².